The number of aryl methyl sites for hydroxylation is 2. The third-order valence-corrected chi connectivity index (χ3v) is 6.67. The fourth-order valence-corrected chi connectivity index (χ4v) is 5.16. The Kier molecular flexibility index (Phi) is 5.68. The molecule has 1 fully saturated rings. The number of nitrogens with zero attached hydrogens (tertiary/aromatic N) is 4. The van der Waals surface area contributed by atoms with E-state index in [2.05, 4.69) is 88.0 Å². The SMILES string of the molecule is Cc1cccc(-n2c(C)cc([C@H]3[C@@H](c4ccccn4)NC(=S)N3Cc3cccnc3)c2C)c1. The normalized spacial score (nSPS) is 17.9. The van der Waals surface area contributed by atoms with Crippen molar-refractivity contribution >= 4 is 17.3 Å². The predicted molar refractivity (Wildman–Crippen MR) is 135 cm³/mol. The van der Waals surface area contributed by atoms with E-state index in [9.17, 15) is 0 Å². The summed E-state index contributed by atoms with van der Waals surface area (Å²) >= 11 is 5.85. The van der Waals surface area contributed by atoms with Gasteiger partial charge in [-0.3, -0.25) is 9.97 Å². The van der Waals surface area contributed by atoms with Gasteiger partial charge in [0.05, 0.1) is 17.8 Å². The molecule has 5 rings (SSSR count). The summed E-state index contributed by atoms with van der Waals surface area (Å²) in [6, 6.07) is 21.0. The quantitative estimate of drug-likeness (QED) is 0.412. The van der Waals surface area contributed by atoms with Gasteiger partial charge in [0.1, 0.15) is 0 Å². The van der Waals surface area contributed by atoms with Crippen molar-refractivity contribution in [3.05, 3.63) is 113 Å². The molecule has 0 radical (unpaired) electrons. The maximum atomic E-state index is 5.85. The minimum absolute atomic E-state index is 0.0114. The molecular formula is C27H27N5S. The van der Waals surface area contributed by atoms with Gasteiger partial charge in [0.2, 0.25) is 0 Å². The average Bonchev–Trinajstić information content (AvgIpc) is 3.30. The molecule has 1 N–H and O–H groups in total. The second-order valence-electron chi connectivity index (χ2n) is 8.62. The average molecular weight is 454 g/mol. The van der Waals surface area contributed by atoms with Gasteiger partial charge in [-0.2, -0.15) is 0 Å². The molecule has 3 aromatic heterocycles. The van der Waals surface area contributed by atoms with Crippen molar-refractivity contribution in [2.24, 2.45) is 0 Å². The maximum absolute atomic E-state index is 5.85. The van der Waals surface area contributed by atoms with Crippen molar-refractivity contribution < 1.29 is 0 Å². The molecule has 0 aliphatic carbocycles. The van der Waals surface area contributed by atoms with Crippen LogP contribution in [-0.4, -0.2) is 24.5 Å². The lowest BCUT2D eigenvalue weighted by Crippen LogP contribution is -2.29. The molecule has 6 heteroatoms. The van der Waals surface area contributed by atoms with E-state index in [1.165, 1.54) is 28.2 Å². The smallest absolute Gasteiger partial charge is 0.170 e. The molecule has 4 heterocycles. The van der Waals surface area contributed by atoms with Gasteiger partial charge in [-0.05, 0) is 86.1 Å². The van der Waals surface area contributed by atoms with Crippen LogP contribution in [0.15, 0.2) is 79.3 Å². The Bertz CT molecular complexity index is 1280. The Hall–Kier alpha value is -3.51. The molecule has 0 saturated carbocycles. The Labute approximate surface area is 200 Å². The van der Waals surface area contributed by atoms with Crippen molar-refractivity contribution in [1.29, 1.82) is 0 Å². The van der Waals surface area contributed by atoms with Crippen LogP contribution in [0.4, 0.5) is 0 Å². The molecular weight excluding hydrogens is 426 g/mol. The fourth-order valence-electron chi connectivity index (χ4n) is 4.85. The Morgan fingerprint density at radius 3 is 2.58 bits per heavy atom. The van der Waals surface area contributed by atoms with Crippen molar-refractivity contribution in [1.82, 2.24) is 24.8 Å². The van der Waals surface area contributed by atoms with E-state index in [0.717, 1.165) is 16.4 Å². The van der Waals surface area contributed by atoms with Crippen LogP contribution >= 0.6 is 12.2 Å². The van der Waals surface area contributed by atoms with Gasteiger partial charge >= 0.3 is 0 Å². The Balaban J connectivity index is 1.62. The summed E-state index contributed by atoms with van der Waals surface area (Å²) < 4.78 is 2.33. The number of nitrogens with one attached hydrogen (secondary N) is 1. The molecule has 1 saturated heterocycles. The van der Waals surface area contributed by atoms with Crippen LogP contribution in [0.1, 0.15) is 45.9 Å². The summed E-state index contributed by atoms with van der Waals surface area (Å²) in [5.74, 6) is 0. The zero-order valence-electron chi connectivity index (χ0n) is 19.1. The lowest BCUT2D eigenvalue weighted by atomic mass is 9.96. The lowest BCUT2D eigenvalue weighted by Gasteiger charge is -2.28. The molecule has 5 nitrogen and oxygen atoms in total. The van der Waals surface area contributed by atoms with Crippen LogP contribution in [0.5, 0.6) is 0 Å². The molecule has 1 aliphatic rings. The molecule has 1 aromatic carbocycles. The zero-order valence-corrected chi connectivity index (χ0v) is 19.9. The van der Waals surface area contributed by atoms with E-state index in [0.29, 0.717) is 6.54 Å². The number of aromatic nitrogens is 3. The maximum Gasteiger partial charge on any atom is 0.170 e. The molecule has 0 unspecified atom stereocenters. The number of rotatable bonds is 5. The zero-order chi connectivity index (χ0) is 22.9. The monoisotopic (exact) mass is 453 g/mol. The van der Waals surface area contributed by atoms with Gasteiger partial charge < -0.3 is 14.8 Å². The first kappa shape index (κ1) is 21.3. The second-order valence-corrected chi connectivity index (χ2v) is 9.00. The first-order valence-electron chi connectivity index (χ1n) is 11.2. The molecule has 2 atom stereocenters. The number of hydrogen-bond acceptors (Lipinski definition) is 3. The van der Waals surface area contributed by atoms with E-state index >= 15 is 0 Å². The van der Waals surface area contributed by atoms with Crippen LogP contribution in [0.2, 0.25) is 0 Å². The number of thiocarbonyl (C=S) groups is 1. The predicted octanol–water partition coefficient (Wildman–Crippen LogP) is 5.37. The van der Waals surface area contributed by atoms with Gasteiger partial charge in [-0.1, -0.05) is 24.3 Å². The number of hydrogen-bond donors (Lipinski definition) is 1. The van der Waals surface area contributed by atoms with Crippen molar-refractivity contribution in [3.8, 4) is 5.69 Å². The van der Waals surface area contributed by atoms with Crippen LogP contribution in [0.25, 0.3) is 5.69 Å². The van der Waals surface area contributed by atoms with E-state index in [1.807, 2.05) is 30.6 Å². The van der Waals surface area contributed by atoms with Gasteiger partial charge in [0.15, 0.2) is 5.11 Å². The van der Waals surface area contributed by atoms with Gasteiger partial charge in [0.25, 0.3) is 0 Å². The number of pyridine rings is 2. The summed E-state index contributed by atoms with van der Waals surface area (Å²) in [6.07, 6.45) is 5.55. The van der Waals surface area contributed by atoms with E-state index < -0.39 is 0 Å². The van der Waals surface area contributed by atoms with Crippen molar-refractivity contribution in [3.63, 3.8) is 0 Å². The largest absolute Gasteiger partial charge is 0.352 e. The topological polar surface area (TPSA) is 46.0 Å². The van der Waals surface area contributed by atoms with Crippen molar-refractivity contribution in [2.75, 3.05) is 0 Å². The Morgan fingerprint density at radius 1 is 0.970 bits per heavy atom. The summed E-state index contributed by atoms with van der Waals surface area (Å²) in [6.45, 7) is 7.18. The van der Waals surface area contributed by atoms with E-state index in [4.69, 9.17) is 12.2 Å². The minimum Gasteiger partial charge on any atom is -0.352 e. The molecule has 1 aliphatic heterocycles. The molecule has 0 amide bonds. The van der Waals surface area contributed by atoms with Crippen LogP contribution in [0.3, 0.4) is 0 Å². The summed E-state index contributed by atoms with van der Waals surface area (Å²) in [7, 11) is 0. The van der Waals surface area contributed by atoms with Crippen LogP contribution < -0.4 is 5.32 Å². The molecule has 0 spiro atoms. The van der Waals surface area contributed by atoms with E-state index in [1.54, 1.807) is 6.20 Å². The fraction of sp³-hybridized carbons (Fsp3) is 0.222. The molecule has 166 valence electrons. The van der Waals surface area contributed by atoms with Gasteiger partial charge in [-0.15, -0.1) is 0 Å². The first-order valence-corrected chi connectivity index (χ1v) is 11.6. The van der Waals surface area contributed by atoms with Crippen LogP contribution in [-0.2, 0) is 6.54 Å². The minimum atomic E-state index is -0.0400. The molecule has 0 bridgehead atoms. The molecule has 4 aromatic rings. The lowest BCUT2D eigenvalue weighted by molar-refractivity contribution is 0.310. The first-order chi connectivity index (χ1) is 16.0. The highest BCUT2D eigenvalue weighted by atomic mass is 32.1. The van der Waals surface area contributed by atoms with E-state index in [-0.39, 0.29) is 12.1 Å². The van der Waals surface area contributed by atoms with Crippen LogP contribution in [0, 0.1) is 20.8 Å². The van der Waals surface area contributed by atoms with Crippen molar-refractivity contribution in [2.45, 2.75) is 39.4 Å². The standard InChI is InChI=1S/C27H27N5S/c1-18-8-6-10-22(14-18)32-19(2)15-23(20(32)3)26-25(24-11-4-5-13-29-24)30-27(33)31(26)17-21-9-7-12-28-16-21/h4-16,25-26H,17H2,1-3H3,(H,30,33)/t25-,26+/m1/s1. The van der Waals surface area contributed by atoms with Gasteiger partial charge in [0, 0.05) is 42.2 Å². The summed E-state index contributed by atoms with van der Waals surface area (Å²) in [4.78, 5) is 11.2. The van der Waals surface area contributed by atoms with Gasteiger partial charge in [-0.25, -0.2) is 0 Å². The third kappa shape index (κ3) is 4.02. The summed E-state index contributed by atoms with van der Waals surface area (Å²) in [5.41, 5.74) is 8.20. The highest BCUT2D eigenvalue weighted by Gasteiger charge is 2.41. The highest BCUT2D eigenvalue weighted by Crippen LogP contribution is 2.42. The highest BCUT2D eigenvalue weighted by molar-refractivity contribution is 7.80. The second kappa shape index (κ2) is 8.79. The number of benzene rings is 1. The molecule has 33 heavy (non-hydrogen) atoms. The third-order valence-electron chi connectivity index (χ3n) is 6.32. The summed E-state index contributed by atoms with van der Waals surface area (Å²) in [5, 5.41) is 4.30. The Morgan fingerprint density at radius 2 is 1.85 bits per heavy atom.